The Hall–Kier alpha value is -4.05. The van der Waals surface area contributed by atoms with Gasteiger partial charge in [0, 0.05) is 6.54 Å². The molecule has 3 aromatic carbocycles. The van der Waals surface area contributed by atoms with Crippen LogP contribution in [0.3, 0.4) is 0 Å². The highest BCUT2D eigenvalue weighted by atomic mass is 32.2. The van der Waals surface area contributed by atoms with E-state index in [-0.39, 0.29) is 24.7 Å². The first kappa shape index (κ1) is 28.0. The molecular weight excluding hydrogens is 531 g/mol. The van der Waals surface area contributed by atoms with Gasteiger partial charge in [0.15, 0.2) is 0 Å². The molecule has 1 amide bonds. The van der Waals surface area contributed by atoms with Crippen LogP contribution in [0.25, 0.3) is 0 Å². The summed E-state index contributed by atoms with van der Waals surface area (Å²) in [5.41, 5.74) is 0.338. The quantitative estimate of drug-likeness (QED) is 0.201. The minimum absolute atomic E-state index is 0.0922. The van der Waals surface area contributed by atoms with Crippen LogP contribution in [0.5, 0.6) is 5.75 Å². The molecule has 1 unspecified atom stereocenters. The molecule has 10 heteroatoms. The second-order valence-corrected chi connectivity index (χ2v) is 10.4. The predicted octanol–water partition coefficient (Wildman–Crippen LogP) is 6.79. The number of carbonyl (C=O) groups excluding carboxylic acids is 1. The predicted molar refractivity (Wildman–Crippen MR) is 138 cm³/mol. The lowest BCUT2D eigenvalue weighted by molar-refractivity contribution is -0.137. The van der Waals surface area contributed by atoms with Crippen LogP contribution < -0.4 is 4.18 Å². The van der Waals surface area contributed by atoms with Crippen molar-refractivity contribution in [1.29, 1.82) is 0 Å². The Morgan fingerprint density at radius 2 is 1.67 bits per heavy atom. The first-order chi connectivity index (χ1) is 18.6. The summed E-state index contributed by atoms with van der Waals surface area (Å²) in [7, 11) is -4.55. The smallest absolute Gasteiger partial charge is 0.416 e. The molecule has 0 spiro atoms. The van der Waals surface area contributed by atoms with Crippen molar-refractivity contribution >= 4 is 16.0 Å². The molecule has 4 aromatic rings. The molecule has 6 nitrogen and oxygen atoms in total. The van der Waals surface area contributed by atoms with Gasteiger partial charge in [0.25, 0.3) is 0 Å². The summed E-state index contributed by atoms with van der Waals surface area (Å²) in [6.45, 7) is 2.22. The van der Waals surface area contributed by atoms with Crippen molar-refractivity contribution in [3.63, 3.8) is 0 Å². The van der Waals surface area contributed by atoms with Crippen molar-refractivity contribution < 1.29 is 35.0 Å². The van der Waals surface area contributed by atoms with Gasteiger partial charge in [-0.05, 0) is 60.0 Å². The highest BCUT2D eigenvalue weighted by Crippen LogP contribution is 2.31. The van der Waals surface area contributed by atoms with Gasteiger partial charge in [-0.15, -0.1) is 0 Å². The first-order valence-corrected chi connectivity index (χ1v) is 13.5. The van der Waals surface area contributed by atoms with Crippen molar-refractivity contribution in [2.75, 3.05) is 0 Å². The molecule has 0 bridgehead atoms. The number of amides is 1. The van der Waals surface area contributed by atoms with Crippen molar-refractivity contribution in [2.24, 2.45) is 0 Å². The highest BCUT2D eigenvalue weighted by Gasteiger charge is 2.32. The molecule has 0 saturated carbocycles. The monoisotopic (exact) mass is 557 g/mol. The molecule has 4 rings (SSSR count). The van der Waals surface area contributed by atoms with Crippen LogP contribution in [0.2, 0.25) is 0 Å². The second-order valence-electron chi connectivity index (χ2n) is 8.86. The molecule has 0 N–H and O–H groups in total. The van der Waals surface area contributed by atoms with E-state index in [1.807, 2.05) is 37.3 Å². The van der Waals surface area contributed by atoms with Crippen LogP contribution in [0.1, 0.15) is 41.7 Å². The fraction of sp³-hybridized carbons (Fsp3) is 0.207. The Kier molecular flexibility index (Phi) is 8.44. The largest absolute Gasteiger partial charge is 0.467 e. The number of furan rings is 1. The van der Waals surface area contributed by atoms with E-state index < -0.39 is 32.7 Å². The lowest BCUT2D eigenvalue weighted by atomic mass is 9.94. The summed E-state index contributed by atoms with van der Waals surface area (Å²) in [4.78, 5) is 14.7. The van der Waals surface area contributed by atoms with Gasteiger partial charge in [-0.25, -0.2) is 0 Å². The van der Waals surface area contributed by atoms with E-state index in [0.717, 1.165) is 23.8 Å². The summed E-state index contributed by atoms with van der Waals surface area (Å²) < 4.78 is 75.4. The van der Waals surface area contributed by atoms with Crippen LogP contribution >= 0.6 is 0 Å². The average Bonchev–Trinajstić information content (AvgIpc) is 3.42. The molecule has 204 valence electrons. The lowest BCUT2D eigenvalue weighted by Crippen LogP contribution is -2.34. The highest BCUT2D eigenvalue weighted by molar-refractivity contribution is 7.87. The number of halogens is 3. The third-order valence-corrected chi connectivity index (χ3v) is 7.32. The summed E-state index contributed by atoms with van der Waals surface area (Å²) >= 11 is 0. The van der Waals surface area contributed by atoms with E-state index in [1.54, 1.807) is 29.2 Å². The van der Waals surface area contributed by atoms with E-state index in [9.17, 15) is 26.4 Å². The molecule has 1 heterocycles. The minimum Gasteiger partial charge on any atom is -0.467 e. The SMILES string of the molecule is CCC(C(=O)N(Cc1cccc(OS(=O)(=O)c2cccc(C(F)(F)F)c2)c1)Cc1ccco1)c1ccccc1. The van der Waals surface area contributed by atoms with Crippen molar-refractivity contribution in [1.82, 2.24) is 4.90 Å². The maximum Gasteiger partial charge on any atom is 0.416 e. The van der Waals surface area contributed by atoms with Crippen LogP contribution in [-0.2, 0) is 34.2 Å². The van der Waals surface area contributed by atoms with Gasteiger partial charge < -0.3 is 13.5 Å². The van der Waals surface area contributed by atoms with Gasteiger partial charge in [0.1, 0.15) is 16.4 Å². The number of hydrogen-bond donors (Lipinski definition) is 0. The van der Waals surface area contributed by atoms with E-state index in [4.69, 9.17) is 8.60 Å². The van der Waals surface area contributed by atoms with Crippen molar-refractivity contribution in [3.05, 3.63) is 120 Å². The fourth-order valence-corrected chi connectivity index (χ4v) is 5.15. The Morgan fingerprint density at radius 3 is 2.33 bits per heavy atom. The van der Waals surface area contributed by atoms with Crippen LogP contribution in [0, 0.1) is 0 Å². The molecule has 0 aliphatic rings. The zero-order chi connectivity index (χ0) is 28.0. The van der Waals surface area contributed by atoms with E-state index in [1.165, 1.54) is 18.4 Å². The number of nitrogens with zero attached hydrogens (tertiary/aromatic N) is 1. The molecule has 0 radical (unpaired) electrons. The van der Waals surface area contributed by atoms with Gasteiger partial charge in [0.2, 0.25) is 5.91 Å². The maximum atomic E-state index is 13.7. The third-order valence-electron chi connectivity index (χ3n) is 6.07. The van der Waals surface area contributed by atoms with Crippen molar-refractivity contribution in [2.45, 2.75) is 43.4 Å². The Labute approximate surface area is 224 Å². The van der Waals surface area contributed by atoms with E-state index >= 15 is 0 Å². The standard InChI is InChI=1S/C29H26F3NO5S/c1-2-27(22-10-4-3-5-11-22)28(34)33(20-25-14-8-16-37-25)19-21-9-6-13-24(17-21)38-39(35,36)26-15-7-12-23(18-26)29(30,31)32/h3-18,27H,2,19-20H2,1H3. The van der Waals surface area contributed by atoms with Gasteiger partial charge in [-0.1, -0.05) is 55.5 Å². The van der Waals surface area contributed by atoms with Gasteiger partial charge in [-0.2, -0.15) is 21.6 Å². The molecule has 1 aromatic heterocycles. The Balaban J connectivity index is 1.58. The summed E-state index contributed by atoms with van der Waals surface area (Å²) in [6.07, 6.45) is -2.62. The van der Waals surface area contributed by atoms with Crippen LogP contribution in [0.4, 0.5) is 13.2 Å². The number of alkyl halides is 3. The third kappa shape index (κ3) is 7.08. The molecule has 0 aliphatic carbocycles. The van der Waals surface area contributed by atoms with Crippen molar-refractivity contribution in [3.8, 4) is 5.75 Å². The fourth-order valence-electron chi connectivity index (χ4n) is 4.18. The second kappa shape index (κ2) is 11.8. The first-order valence-electron chi connectivity index (χ1n) is 12.1. The lowest BCUT2D eigenvalue weighted by Gasteiger charge is -2.27. The van der Waals surface area contributed by atoms with Crippen LogP contribution in [-0.4, -0.2) is 19.2 Å². The molecule has 0 fully saturated rings. The van der Waals surface area contributed by atoms with E-state index in [2.05, 4.69) is 0 Å². The zero-order valence-electron chi connectivity index (χ0n) is 21.0. The molecule has 1 atom stereocenters. The molecule has 39 heavy (non-hydrogen) atoms. The number of benzene rings is 3. The average molecular weight is 558 g/mol. The molecule has 0 saturated heterocycles. The molecule has 0 aliphatic heterocycles. The van der Waals surface area contributed by atoms with Gasteiger partial charge >= 0.3 is 16.3 Å². The van der Waals surface area contributed by atoms with E-state index in [0.29, 0.717) is 23.8 Å². The number of hydrogen-bond acceptors (Lipinski definition) is 5. The van der Waals surface area contributed by atoms with Gasteiger partial charge in [-0.3, -0.25) is 4.79 Å². The number of rotatable bonds is 10. The topological polar surface area (TPSA) is 76.8 Å². The minimum atomic E-state index is -4.70. The Bertz CT molecular complexity index is 1500. The van der Waals surface area contributed by atoms with Crippen LogP contribution in [0.15, 0.2) is 107 Å². The summed E-state index contributed by atoms with van der Waals surface area (Å²) in [6, 6.07) is 22.3. The summed E-state index contributed by atoms with van der Waals surface area (Å²) in [5.74, 6) is -0.0545. The number of carbonyl (C=O) groups is 1. The summed E-state index contributed by atoms with van der Waals surface area (Å²) in [5, 5.41) is 0. The Morgan fingerprint density at radius 1 is 0.923 bits per heavy atom. The molecular formula is C29H26F3NO5S. The maximum absolute atomic E-state index is 13.7. The zero-order valence-corrected chi connectivity index (χ0v) is 21.8. The van der Waals surface area contributed by atoms with Gasteiger partial charge in [0.05, 0.1) is 24.3 Å². The normalized spacial score (nSPS) is 12.6.